The number of likely N-dealkylation sites (tertiary alicyclic amines) is 1. The van der Waals surface area contributed by atoms with E-state index >= 15 is 0 Å². The van der Waals surface area contributed by atoms with Crippen molar-refractivity contribution in [1.29, 1.82) is 0 Å². The average Bonchev–Trinajstić information content (AvgIpc) is 2.17. The van der Waals surface area contributed by atoms with Gasteiger partial charge in [-0.25, -0.2) is 0 Å². The van der Waals surface area contributed by atoms with Gasteiger partial charge in [0.05, 0.1) is 6.10 Å². The molecule has 0 aromatic carbocycles. The molecule has 0 unspecified atom stereocenters. The summed E-state index contributed by atoms with van der Waals surface area (Å²) >= 11 is 0. The van der Waals surface area contributed by atoms with E-state index in [4.69, 9.17) is 9.84 Å². The van der Waals surface area contributed by atoms with Crippen LogP contribution in [-0.2, 0) is 14.3 Å². The lowest BCUT2D eigenvalue weighted by atomic mass is 10.1. The van der Waals surface area contributed by atoms with E-state index in [0.717, 1.165) is 12.8 Å². The van der Waals surface area contributed by atoms with Crippen LogP contribution in [0.4, 0.5) is 0 Å². The highest BCUT2D eigenvalue weighted by Crippen LogP contribution is 2.13. The molecule has 5 heteroatoms. The van der Waals surface area contributed by atoms with Crippen molar-refractivity contribution in [2.45, 2.75) is 25.4 Å². The molecule has 5 nitrogen and oxygen atoms in total. The molecule has 1 heterocycles. The van der Waals surface area contributed by atoms with Crippen LogP contribution in [0.3, 0.4) is 0 Å². The lowest BCUT2D eigenvalue weighted by molar-refractivity contribution is -0.145. The quantitative estimate of drug-likeness (QED) is 0.657. The Morgan fingerprint density at radius 2 is 2.00 bits per heavy atom. The minimum absolute atomic E-state index is 0.212. The van der Waals surface area contributed by atoms with Crippen LogP contribution in [0, 0.1) is 0 Å². The molecule has 14 heavy (non-hydrogen) atoms. The summed E-state index contributed by atoms with van der Waals surface area (Å²) in [5.74, 6) is -1.36. The number of piperidine rings is 1. The number of nitrogens with zero attached hydrogens (tertiary/aromatic N) is 1. The lowest BCUT2D eigenvalue weighted by Crippen LogP contribution is -2.41. The Balaban J connectivity index is 2.34. The average molecular weight is 201 g/mol. The van der Waals surface area contributed by atoms with Gasteiger partial charge in [0.2, 0.25) is 5.91 Å². The molecule has 80 valence electrons. The molecule has 0 aromatic rings. The smallest absolute Gasteiger partial charge is 0.312 e. The minimum Gasteiger partial charge on any atom is -0.481 e. The zero-order chi connectivity index (χ0) is 10.6. The molecule has 1 fully saturated rings. The predicted molar refractivity (Wildman–Crippen MR) is 48.9 cm³/mol. The van der Waals surface area contributed by atoms with Crippen molar-refractivity contribution in [3.05, 3.63) is 0 Å². The largest absolute Gasteiger partial charge is 0.481 e. The molecule has 1 saturated heterocycles. The van der Waals surface area contributed by atoms with Gasteiger partial charge >= 0.3 is 5.97 Å². The van der Waals surface area contributed by atoms with Gasteiger partial charge in [-0.05, 0) is 12.8 Å². The molecule has 0 spiro atoms. The van der Waals surface area contributed by atoms with Gasteiger partial charge in [-0.1, -0.05) is 0 Å². The van der Waals surface area contributed by atoms with Crippen LogP contribution in [-0.4, -0.2) is 48.2 Å². The maximum absolute atomic E-state index is 11.3. The second kappa shape index (κ2) is 4.95. The van der Waals surface area contributed by atoms with Gasteiger partial charge in [0.1, 0.15) is 6.42 Å². The van der Waals surface area contributed by atoms with Crippen LogP contribution in [0.1, 0.15) is 19.3 Å². The van der Waals surface area contributed by atoms with E-state index in [1.165, 1.54) is 0 Å². The predicted octanol–water partition coefficient (Wildman–Crippen LogP) is 0.0985. The van der Waals surface area contributed by atoms with Crippen molar-refractivity contribution in [2.24, 2.45) is 0 Å². The topological polar surface area (TPSA) is 66.8 Å². The zero-order valence-corrected chi connectivity index (χ0v) is 8.23. The van der Waals surface area contributed by atoms with Crippen molar-refractivity contribution in [3.8, 4) is 0 Å². The fourth-order valence-electron chi connectivity index (χ4n) is 1.58. The van der Waals surface area contributed by atoms with Crippen LogP contribution < -0.4 is 0 Å². The third-order valence-corrected chi connectivity index (χ3v) is 2.43. The standard InChI is InChI=1S/C9H15NO4/c1-14-7-2-4-10(5-3-7)8(11)6-9(12)13/h7H,2-6H2,1H3,(H,12,13). The van der Waals surface area contributed by atoms with Gasteiger partial charge < -0.3 is 14.7 Å². The van der Waals surface area contributed by atoms with Crippen LogP contribution in [0.15, 0.2) is 0 Å². The summed E-state index contributed by atoms with van der Waals surface area (Å²) in [7, 11) is 1.65. The monoisotopic (exact) mass is 201 g/mol. The maximum atomic E-state index is 11.3. The first-order valence-corrected chi connectivity index (χ1v) is 4.66. The number of carboxylic acid groups (broad SMARTS) is 1. The fraction of sp³-hybridized carbons (Fsp3) is 0.778. The Labute approximate surface area is 82.6 Å². The fourth-order valence-corrected chi connectivity index (χ4v) is 1.58. The summed E-state index contributed by atoms with van der Waals surface area (Å²) in [6.45, 7) is 1.20. The van der Waals surface area contributed by atoms with Gasteiger partial charge in [0.25, 0.3) is 0 Å². The Morgan fingerprint density at radius 1 is 1.43 bits per heavy atom. The van der Waals surface area contributed by atoms with Gasteiger partial charge in [-0.15, -0.1) is 0 Å². The second-order valence-electron chi connectivity index (χ2n) is 3.39. The number of carbonyl (C=O) groups is 2. The van der Waals surface area contributed by atoms with Crippen LogP contribution in [0.5, 0.6) is 0 Å². The van der Waals surface area contributed by atoms with E-state index in [0.29, 0.717) is 13.1 Å². The highest BCUT2D eigenvalue weighted by Gasteiger charge is 2.23. The van der Waals surface area contributed by atoms with Gasteiger partial charge in [0.15, 0.2) is 0 Å². The molecule has 0 saturated carbocycles. The first kappa shape index (κ1) is 11.0. The summed E-state index contributed by atoms with van der Waals surface area (Å²) in [4.78, 5) is 23.2. The molecule has 0 atom stereocenters. The zero-order valence-electron chi connectivity index (χ0n) is 8.23. The number of aliphatic carboxylic acids is 1. The molecule has 0 radical (unpaired) electrons. The van der Waals surface area contributed by atoms with Gasteiger partial charge in [0, 0.05) is 20.2 Å². The van der Waals surface area contributed by atoms with Crippen LogP contribution in [0.2, 0.25) is 0 Å². The van der Waals surface area contributed by atoms with Gasteiger partial charge in [-0.2, -0.15) is 0 Å². The van der Waals surface area contributed by atoms with Crippen molar-refractivity contribution in [1.82, 2.24) is 4.90 Å². The van der Waals surface area contributed by atoms with Crippen molar-refractivity contribution >= 4 is 11.9 Å². The Kier molecular flexibility index (Phi) is 3.88. The second-order valence-corrected chi connectivity index (χ2v) is 3.39. The number of amides is 1. The van der Waals surface area contributed by atoms with E-state index in [1.807, 2.05) is 0 Å². The molecule has 0 aromatic heterocycles. The highest BCUT2D eigenvalue weighted by atomic mass is 16.5. The first-order chi connectivity index (χ1) is 6.63. The van der Waals surface area contributed by atoms with E-state index < -0.39 is 12.4 Å². The molecule has 0 bridgehead atoms. The lowest BCUT2D eigenvalue weighted by Gasteiger charge is -2.30. The Bertz CT molecular complexity index is 221. The number of hydrogen-bond acceptors (Lipinski definition) is 3. The first-order valence-electron chi connectivity index (χ1n) is 4.66. The Hall–Kier alpha value is -1.10. The van der Waals surface area contributed by atoms with Crippen molar-refractivity contribution in [3.63, 3.8) is 0 Å². The van der Waals surface area contributed by atoms with Crippen LogP contribution >= 0.6 is 0 Å². The SMILES string of the molecule is COC1CCN(C(=O)CC(=O)O)CC1. The van der Waals surface area contributed by atoms with Gasteiger partial charge in [-0.3, -0.25) is 9.59 Å². The molecule has 1 aliphatic rings. The summed E-state index contributed by atoms with van der Waals surface area (Å²) in [6.07, 6.45) is 1.39. The van der Waals surface area contributed by atoms with Crippen molar-refractivity contribution in [2.75, 3.05) is 20.2 Å². The molecule has 1 amide bonds. The summed E-state index contributed by atoms with van der Waals surface area (Å²) in [5, 5.41) is 8.44. The number of carbonyl (C=O) groups excluding carboxylic acids is 1. The molecule has 1 N–H and O–H groups in total. The molecule has 1 rings (SSSR count). The van der Waals surface area contributed by atoms with E-state index in [9.17, 15) is 9.59 Å². The third-order valence-electron chi connectivity index (χ3n) is 2.43. The summed E-state index contributed by atoms with van der Waals surface area (Å²) in [6, 6.07) is 0. The number of methoxy groups -OCH3 is 1. The molecule has 0 aliphatic carbocycles. The summed E-state index contributed by atoms with van der Waals surface area (Å²) in [5.41, 5.74) is 0. The number of hydrogen-bond donors (Lipinski definition) is 1. The van der Waals surface area contributed by atoms with Crippen LogP contribution in [0.25, 0.3) is 0 Å². The maximum Gasteiger partial charge on any atom is 0.312 e. The van der Waals surface area contributed by atoms with E-state index in [2.05, 4.69) is 0 Å². The Morgan fingerprint density at radius 3 is 2.43 bits per heavy atom. The molecular weight excluding hydrogens is 186 g/mol. The molecular formula is C9H15NO4. The minimum atomic E-state index is -1.07. The summed E-state index contributed by atoms with van der Waals surface area (Å²) < 4.78 is 5.15. The number of ether oxygens (including phenoxy) is 1. The highest BCUT2D eigenvalue weighted by molar-refractivity contribution is 5.93. The van der Waals surface area contributed by atoms with E-state index in [1.54, 1.807) is 12.0 Å². The number of carboxylic acids is 1. The molecule has 1 aliphatic heterocycles. The normalized spacial score (nSPS) is 18.2. The number of rotatable bonds is 3. The van der Waals surface area contributed by atoms with Crippen molar-refractivity contribution < 1.29 is 19.4 Å². The third kappa shape index (κ3) is 2.99. The van der Waals surface area contributed by atoms with E-state index in [-0.39, 0.29) is 12.0 Å².